The molecule has 0 N–H and O–H groups in total. The van der Waals surface area contributed by atoms with Gasteiger partial charge in [0.15, 0.2) is 0 Å². The standard InChI is InChI=1S/C19H16F4N4/c1-26-8-9-27-15(11-26)17(13-6-7-24-16(10-13)19(21,22)23)18(25-27)12-2-4-14(20)5-3-12/h2-7,10H,8-9,11H2,1H3. The van der Waals surface area contributed by atoms with E-state index in [4.69, 9.17) is 0 Å². The van der Waals surface area contributed by atoms with Gasteiger partial charge in [-0.25, -0.2) is 4.39 Å². The van der Waals surface area contributed by atoms with Gasteiger partial charge in [-0.2, -0.15) is 18.3 Å². The van der Waals surface area contributed by atoms with Crippen LogP contribution in [0.15, 0.2) is 42.6 Å². The minimum absolute atomic E-state index is 0.382. The molecule has 0 unspecified atom stereocenters. The normalized spacial score (nSPS) is 15.0. The zero-order chi connectivity index (χ0) is 19.2. The number of pyridine rings is 1. The SMILES string of the molecule is CN1CCn2nc(-c3ccc(F)cc3)c(-c3ccnc(C(F)(F)F)c3)c2C1. The second-order valence-electron chi connectivity index (χ2n) is 6.57. The Balaban J connectivity index is 1.93. The van der Waals surface area contributed by atoms with E-state index in [2.05, 4.69) is 15.0 Å². The van der Waals surface area contributed by atoms with Crippen molar-refractivity contribution in [2.45, 2.75) is 19.3 Å². The summed E-state index contributed by atoms with van der Waals surface area (Å²) in [6, 6.07) is 8.40. The summed E-state index contributed by atoms with van der Waals surface area (Å²) in [5, 5.41) is 4.62. The molecule has 140 valence electrons. The highest BCUT2D eigenvalue weighted by Crippen LogP contribution is 2.38. The number of hydrogen-bond donors (Lipinski definition) is 0. The van der Waals surface area contributed by atoms with Crippen LogP contribution in [-0.2, 0) is 19.3 Å². The fourth-order valence-corrected chi connectivity index (χ4v) is 3.30. The number of halogens is 4. The van der Waals surface area contributed by atoms with Gasteiger partial charge in [-0.1, -0.05) is 0 Å². The van der Waals surface area contributed by atoms with Crippen molar-refractivity contribution in [1.82, 2.24) is 19.7 Å². The third kappa shape index (κ3) is 3.32. The fraction of sp³-hybridized carbons (Fsp3) is 0.263. The fourth-order valence-electron chi connectivity index (χ4n) is 3.30. The van der Waals surface area contributed by atoms with Gasteiger partial charge in [0.2, 0.25) is 0 Å². The molecule has 0 bridgehead atoms. The van der Waals surface area contributed by atoms with Crippen molar-refractivity contribution in [3.05, 3.63) is 59.8 Å². The van der Waals surface area contributed by atoms with Crippen molar-refractivity contribution in [1.29, 1.82) is 0 Å². The molecule has 3 aromatic rings. The summed E-state index contributed by atoms with van der Waals surface area (Å²) in [6.07, 6.45) is -3.38. The predicted molar refractivity (Wildman–Crippen MR) is 92.2 cm³/mol. The summed E-state index contributed by atoms with van der Waals surface area (Å²) >= 11 is 0. The van der Waals surface area contributed by atoms with Gasteiger partial charge in [-0.3, -0.25) is 14.6 Å². The smallest absolute Gasteiger partial charge is 0.299 e. The molecular weight excluding hydrogens is 360 g/mol. The van der Waals surface area contributed by atoms with E-state index >= 15 is 0 Å². The second-order valence-corrected chi connectivity index (χ2v) is 6.57. The van der Waals surface area contributed by atoms with Gasteiger partial charge in [0.1, 0.15) is 17.2 Å². The maximum Gasteiger partial charge on any atom is 0.433 e. The molecule has 1 aliphatic heterocycles. The average molecular weight is 376 g/mol. The molecule has 8 heteroatoms. The average Bonchev–Trinajstić information content (AvgIpc) is 3.00. The van der Waals surface area contributed by atoms with Crippen LogP contribution in [0.1, 0.15) is 11.4 Å². The molecule has 3 heterocycles. The van der Waals surface area contributed by atoms with E-state index in [0.717, 1.165) is 24.5 Å². The van der Waals surface area contributed by atoms with E-state index in [1.807, 2.05) is 11.7 Å². The van der Waals surface area contributed by atoms with Gasteiger partial charge in [0, 0.05) is 30.4 Å². The predicted octanol–water partition coefficient (Wildman–Crippen LogP) is 4.22. The summed E-state index contributed by atoms with van der Waals surface area (Å²) < 4.78 is 54.6. The van der Waals surface area contributed by atoms with Crippen LogP contribution in [0.4, 0.5) is 17.6 Å². The molecule has 4 rings (SSSR count). The first-order valence-electron chi connectivity index (χ1n) is 8.41. The molecule has 0 radical (unpaired) electrons. The van der Waals surface area contributed by atoms with Crippen LogP contribution in [0.2, 0.25) is 0 Å². The number of likely N-dealkylation sites (N-methyl/N-ethyl adjacent to an activating group) is 1. The molecule has 0 atom stereocenters. The molecule has 0 saturated carbocycles. The van der Waals surface area contributed by atoms with Crippen molar-refractivity contribution in [3.63, 3.8) is 0 Å². The Bertz CT molecular complexity index is 976. The van der Waals surface area contributed by atoms with E-state index in [9.17, 15) is 17.6 Å². The number of nitrogens with zero attached hydrogens (tertiary/aromatic N) is 4. The first kappa shape index (κ1) is 17.7. The molecule has 0 spiro atoms. The molecule has 1 aromatic carbocycles. The highest BCUT2D eigenvalue weighted by Gasteiger charge is 2.33. The molecule has 0 saturated heterocycles. The number of aromatic nitrogens is 3. The lowest BCUT2D eigenvalue weighted by Crippen LogP contribution is -2.30. The zero-order valence-corrected chi connectivity index (χ0v) is 14.5. The van der Waals surface area contributed by atoms with Crippen molar-refractivity contribution >= 4 is 0 Å². The van der Waals surface area contributed by atoms with E-state index in [1.165, 1.54) is 12.1 Å². The van der Waals surface area contributed by atoms with Gasteiger partial charge in [-0.05, 0) is 49.0 Å². The Morgan fingerprint density at radius 1 is 1.00 bits per heavy atom. The van der Waals surface area contributed by atoms with Crippen LogP contribution in [0.3, 0.4) is 0 Å². The monoisotopic (exact) mass is 376 g/mol. The summed E-state index contributed by atoms with van der Waals surface area (Å²) in [5.41, 5.74) is 2.10. The lowest BCUT2D eigenvalue weighted by Gasteiger charge is -2.24. The van der Waals surface area contributed by atoms with Crippen LogP contribution >= 0.6 is 0 Å². The first-order chi connectivity index (χ1) is 12.8. The third-order valence-electron chi connectivity index (χ3n) is 4.63. The molecule has 2 aromatic heterocycles. The Kier molecular flexibility index (Phi) is 4.22. The summed E-state index contributed by atoms with van der Waals surface area (Å²) in [5.74, 6) is -0.382. The quantitative estimate of drug-likeness (QED) is 0.628. The van der Waals surface area contributed by atoms with Crippen molar-refractivity contribution in [3.8, 4) is 22.4 Å². The topological polar surface area (TPSA) is 34.0 Å². The zero-order valence-electron chi connectivity index (χ0n) is 14.5. The van der Waals surface area contributed by atoms with Crippen molar-refractivity contribution in [2.75, 3.05) is 13.6 Å². The van der Waals surface area contributed by atoms with Crippen LogP contribution in [-0.4, -0.2) is 33.3 Å². The lowest BCUT2D eigenvalue weighted by molar-refractivity contribution is -0.141. The second kappa shape index (κ2) is 6.45. The molecule has 4 nitrogen and oxygen atoms in total. The molecular formula is C19H16F4N4. The van der Waals surface area contributed by atoms with E-state index in [0.29, 0.717) is 35.5 Å². The Morgan fingerprint density at radius 2 is 1.74 bits per heavy atom. The lowest BCUT2D eigenvalue weighted by atomic mass is 9.98. The number of benzene rings is 1. The number of alkyl halides is 3. The summed E-state index contributed by atoms with van der Waals surface area (Å²) in [4.78, 5) is 5.53. The number of hydrogen-bond acceptors (Lipinski definition) is 3. The summed E-state index contributed by atoms with van der Waals surface area (Å²) in [7, 11) is 1.95. The largest absolute Gasteiger partial charge is 0.433 e. The Morgan fingerprint density at radius 3 is 2.44 bits per heavy atom. The van der Waals surface area contributed by atoms with Crippen LogP contribution < -0.4 is 0 Å². The third-order valence-corrected chi connectivity index (χ3v) is 4.63. The maximum absolute atomic E-state index is 13.3. The van der Waals surface area contributed by atoms with E-state index in [-0.39, 0.29) is 5.82 Å². The van der Waals surface area contributed by atoms with Crippen molar-refractivity contribution < 1.29 is 17.6 Å². The maximum atomic E-state index is 13.3. The van der Waals surface area contributed by atoms with Gasteiger partial charge in [0.25, 0.3) is 0 Å². The van der Waals surface area contributed by atoms with Gasteiger partial charge in [0.05, 0.1) is 12.2 Å². The Hall–Kier alpha value is -2.74. The van der Waals surface area contributed by atoms with Gasteiger partial charge in [-0.15, -0.1) is 0 Å². The van der Waals surface area contributed by atoms with Crippen molar-refractivity contribution in [2.24, 2.45) is 0 Å². The minimum Gasteiger partial charge on any atom is -0.299 e. The van der Waals surface area contributed by atoms with Crippen LogP contribution in [0.25, 0.3) is 22.4 Å². The summed E-state index contributed by atoms with van der Waals surface area (Å²) in [6.45, 7) is 1.99. The van der Waals surface area contributed by atoms with E-state index in [1.54, 1.807) is 18.2 Å². The van der Waals surface area contributed by atoms with Crippen LogP contribution in [0.5, 0.6) is 0 Å². The molecule has 27 heavy (non-hydrogen) atoms. The Labute approximate surface area is 153 Å². The highest BCUT2D eigenvalue weighted by atomic mass is 19.4. The molecule has 0 aliphatic carbocycles. The van der Waals surface area contributed by atoms with Gasteiger partial charge < -0.3 is 0 Å². The first-order valence-corrected chi connectivity index (χ1v) is 8.41. The molecule has 0 amide bonds. The van der Waals surface area contributed by atoms with Crippen LogP contribution in [0, 0.1) is 5.82 Å². The van der Waals surface area contributed by atoms with Gasteiger partial charge >= 0.3 is 6.18 Å². The number of rotatable bonds is 2. The highest BCUT2D eigenvalue weighted by molar-refractivity contribution is 5.83. The molecule has 0 fully saturated rings. The number of fused-ring (bicyclic) bond motifs is 1. The minimum atomic E-state index is -4.53. The molecule has 1 aliphatic rings. The van der Waals surface area contributed by atoms with E-state index < -0.39 is 11.9 Å².